The number of amides is 2. The highest BCUT2D eigenvalue weighted by molar-refractivity contribution is 6.06. The molecule has 1 atom stereocenters. The normalized spacial score (nSPS) is 18.0. The molecule has 3 N–H and O–H groups in total. The molecule has 1 aromatic carbocycles. The fourth-order valence-corrected chi connectivity index (χ4v) is 4.43. The first kappa shape index (κ1) is 36.0. The van der Waals surface area contributed by atoms with Crippen LogP contribution < -0.4 is 4.90 Å². The second kappa shape index (κ2) is 19.2. The number of carbonyl (C=O) groups excluding carboxylic acids is 2. The molecule has 1 aliphatic rings. The summed E-state index contributed by atoms with van der Waals surface area (Å²) in [5, 5.41) is 28.4. The summed E-state index contributed by atoms with van der Waals surface area (Å²) in [7, 11) is 1.00. The summed E-state index contributed by atoms with van der Waals surface area (Å²) in [5.74, 6) is 5.15. The van der Waals surface area contributed by atoms with Crippen LogP contribution in [0.4, 0.5) is 5.69 Å². The third kappa shape index (κ3) is 11.8. The van der Waals surface area contributed by atoms with Gasteiger partial charge in [-0.15, -0.1) is 5.92 Å². The van der Waals surface area contributed by atoms with Crippen LogP contribution in [0.15, 0.2) is 77.1 Å². The van der Waals surface area contributed by atoms with Crippen LogP contribution >= 0.6 is 0 Å². The van der Waals surface area contributed by atoms with Crippen molar-refractivity contribution in [3.05, 3.63) is 82.7 Å². The number of phenolic OH excluding ortho intramolecular Hbond substituents is 1. The summed E-state index contributed by atoms with van der Waals surface area (Å²) in [6.45, 7) is 11.9. The van der Waals surface area contributed by atoms with Crippen LogP contribution in [0.5, 0.6) is 5.75 Å². The van der Waals surface area contributed by atoms with Crippen molar-refractivity contribution in [1.82, 2.24) is 4.90 Å². The number of nitrogens with zero attached hydrogens (tertiary/aromatic N) is 2. The van der Waals surface area contributed by atoms with Crippen LogP contribution in [-0.2, 0) is 4.79 Å². The lowest BCUT2D eigenvalue weighted by Crippen LogP contribution is -2.40. The first-order chi connectivity index (χ1) is 20.0. The molecule has 1 unspecified atom stereocenters. The summed E-state index contributed by atoms with van der Waals surface area (Å²) in [6, 6.07) is 3.96. The maximum absolute atomic E-state index is 14.1. The van der Waals surface area contributed by atoms with Gasteiger partial charge in [0.2, 0.25) is 5.91 Å². The zero-order valence-electron chi connectivity index (χ0n) is 26.3. The lowest BCUT2D eigenvalue weighted by molar-refractivity contribution is -0.116. The third-order valence-electron chi connectivity index (χ3n) is 6.68. The fraction of sp³-hybridized carbons (Fsp3) is 0.429. The Labute approximate surface area is 252 Å². The highest BCUT2D eigenvalue weighted by Gasteiger charge is 2.28. The molecule has 1 aliphatic heterocycles. The Morgan fingerprint density at radius 3 is 2.24 bits per heavy atom. The number of aliphatic hydroxyl groups excluding tert-OH is 2. The van der Waals surface area contributed by atoms with E-state index in [0.29, 0.717) is 0 Å². The lowest BCUT2D eigenvalue weighted by Gasteiger charge is -2.30. The molecule has 0 aliphatic carbocycles. The van der Waals surface area contributed by atoms with Gasteiger partial charge in [0.25, 0.3) is 5.91 Å². The van der Waals surface area contributed by atoms with Crippen LogP contribution in [0, 0.1) is 11.8 Å². The number of carbonyl (C=O) groups is 2. The first-order valence-corrected chi connectivity index (χ1v) is 14.3. The highest BCUT2D eigenvalue weighted by Crippen LogP contribution is 2.33. The van der Waals surface area contributed by atoms with Gasteiger partial charge in [-0.1, -0.05) is 59.1 Å². The molecular weight excluding hydrogens is 528 g/mol. The van der Waals surface area contributed by atoms with Crippen molar-refractivity contribution < 1.29 is 24.9 Å². The van der Waals surface area contributed by atoms with Gasteiger partial charge in [-0.25, -0.2) is 0 Å². The monoisotopic (exact) mass is 576 g/mol. The largest absolute Gasteiger partial charge is 0.512 e. The van der Waals surface area contributed by atoms with Gasteiger partial charge in [-0.2, -0.15) is 0 Å². The SMILES string of the molecule is CC#CC1/C=C(/O)C/C=C\CN(C(C)=O)c2c(O)cccc2C(=O)N1C/C=C(\C)CC/C=C(\C)CCC=C(C)C.CO. The Morgan fingerprint density at radius 2 is 1.62 bits per heavy atom. The van der Waals surface area contributed by atoms with E-state index in [1.54, 1.807) is 42.2 Å². The molecule has 7 heteroatoms. The molecule has 0 saturated heterocycles. The lowest BCUT2D eigenvalue weighted by atomic mass is 10.0. The van der Waals surface area contributed by atoms with Crippen molar-refractivity contribution >= 4 is 17.5 Å². The van der Waals surface area contributed by atoms with E-state index >= 15 is 0 Å². The third-order valence-corrected chi connectivity index (χ3v) is 6.68. The molecule has 0 aromatic heterocycles. The van der Waals surface area contributed by atoms with E-state index in [0.717, 1.165) is 38.4 Å². The molecule has 2 rings (SSSR count). The quantitative estimate of drug-likeness (QED) is 0.228. The van der Waals surface area contributed by atoms with Crippen molar-refractivity contribution in [2.75, 3.05) is 25.1 Å². The summed E-state index contributed by atoms with van der Waals surface area (Å²) < 4.78 is 0. The maximum Gasteiger partial charge on any atom is 0.257 e. The number of aromatic hydroxyl groups is 1. The minimum atomic E-state index is -0.701. The van der Waals surface area contributed by atoms with Crippen molar-refractivity contribution in [2.45, 2.75) is 79.7 Å². The summed E-state index contributed by atoms with van der Waals surface area (Å²) >= 11 is 0. The molecule has 0 radical (unpaired) electrons. The molecule has 1 heterocycles. The number of rotatable bonds is 8. The number of phenols is 1. The van der Waals surface area contributed by atoms with Gasteiger partial charge >= 0.3 is 0 Å². The minimum absolute atomic E-state index is 0.0855. The molecule has 1 aromatic rings. The summed E-state index contributed by atoms with van der Waals surface area (Å²) in [5.41, 5.74) is 4.19. The summed E-state index contributed by atoms with van der Waals surface area (Å²) in [4.78, 5) is 29.6. The minimum Gasteiger partial charge on any atom is -0.512 e. The highest BCUT2D eigenvalue weighted by atomic mass is 16.3. The Morgan fingerprint density at radius 1 is 0.976 bits per heavy atom. The number of aliphatic hydroxyl groups is 2. The number of hydrogen-bond acceptors (Lipinski definition) is 5. The van der Waals surface area contributed by atoms with Crippen LogP contribution in [0.3, 0.4) is 0 Å². The Balaban J connectivity index is 0.00000431. The molecule has 0 bridgehead atoms. The van der Waals surface area contributed by atoms with E-state index in [1.807, 2.05) is 13.0 Å². The predicted octanol–water partition coefficient (Wildman–Crippen LogP) is 7.01. The van der Waals surface area contributed by atoms with E-state index in [1.165, 1.54) is 29.0 Å². The van der Waals surface area contributed by atoms with E-state index in [2.05, 4.69) is 44.8 Å². The van der Waals surface area contributed by atoms with Gasteiger partial charge in [0, 0.05) is 33.5 Å². The number of hydrogen-bond donors (Lipinski definition) is 3. The van der Waals surface area contributed by atoms with Gasteiger partial charge < -0.3 is 25.1 Å². The molecule has 42 heavy (non-hydrogen) atoms. The molecular formula is C35H48N2O5. The fourth-order valence-electron chi connectivity index (χ4n) is 4.43. The predicted molar refractivity (Wildman–Crippen MR) is 172 cm³/mol. The van der Waals surface area contributed by atoms with Crippen LogP contribution in [-0.4, -0.2) is 58.3 Å². The van der Waals surface area contributed by atoms with Gasteiger partial charge in [0.1, 0.15) is 11.8 Å². The molecule has 0 saturated carbocycles. The van der Waals surface area contributed by atoms with Crippen molar-refractivity contribution in [3.8, 4) is 17.6 Å². The van der Waals surface area contributed by atoms with E-state index < -0.39 is 11.9 Å². The molecule has 0 fully saturated rings. The molecule has 7 nitrogen and oxygen atoms in total. The van der Waals surface area contributed by atoms with E-state index in [4.69, 9.17) is 5.11 Å². The second-order valence-corrected chi connectivity index (χ2v) is 10.4. The molecule has 0 spiro atoms. The first-order valence-electron chi connectivity index (χ1n) is 14.3. The number of benzene rings is 1. The number of anilines is 1. The van der Waals surface area contributed by atoms with Gasteiger partial charge in [0.05, 0.1) is 17.0 Å². The number of para-hydroxylation sites is 1. The molecule has 228 valence electrons. The number of fused-ring (bicyclic) bond motifs is 1. The zero-order chi connectivity index (χ0) is 31.7. The zero-order valence-corrected chi connectivity index (χ0v) is 26.3. The van der Waals surface area contributed by atoms with Gasteiger partial charge in [0.15, 0.2) is 0 Å². The number of allylic oxidation sites excluding steroid dienone is 6. The smallest absolute Gasteiger partial charge is 0.257 e. The Bertz CT molecular complexity index is 1270. The standard InChI is InChI=1S/C34H44N2O4.CH4O/c1-7-13-29-24-30(38)18-8-9-22-35(28(6)37)33-31(19-12-20-32(33)39)34(40)36(29)23-21-27(5)17-11-16-26(4)15-10-14-25(2)3;1-2/h8-9,12,14,16,19-21,24,29,38-39H,10-11,15,17-18,22-23H2,1-6H3;2H,1H3/b9-8-,26-16+,27-21+,30-24+;. The van der Waals surface area contributed by atoms with E-state index in [9.17, 15) is 19.8 Å². The average Bonchev–Trinajstić information content (AvgIpc) is 2.93. The van der Waals surface area contributed by atoms with Gasteiger partial charge in [-0.05, 0) is 78.5 Å². The topological polar surface area (TPSA) is 101 Å². The maximum atomic E-state index is 14.1. The average molecular weight is 577 g/mol. The second-order valence-electron chi connectivity index (χ2n) is 10.4. The van der Waals surface area contributed by atoms with Crippen molar-refractivity contribution in [1.29, 1.82) is 0 Å². The van der Waals surface area contributed by atoms with Crippen LogP contribution in [0.1, 0.15) is 84.0 Å². The Kier molecular flexibility index (Phi) is 16.4. The van der Waals surface area contributed by atoms with Crippen LogP contribution in [0.2, 0.25) is 0 Å². The van der Waals surface area contributed by atoms with Gasteiger partial charge in [-0.3, -0.25) is 9.59 Å². The Hall–Kier alpha value is -4.02. The van der Waals surface area contributed by atoms with E-state index in [-0.39, 0.29) is 48.2 Å². The van der Waals surface area contributed by atoms with Crippen LogP contribution in [0.25, 0.3) is 0 Å². The molecule has 2 amide bonds. The van der Waals surface area contributed by atoms with Crippen molar-refractivity contribution in [2.24, 2.45) is 0 Å². The summed E-state index contributed by atoms with van der Waals surface area (Å²) in [6.07, 6.45) is 15.7. The van der Waals surface area contributed by atoms with Crippen molar-refractivity contribution in [3.63, 3.8) is 0 Å².